The first-order valence-electron chi connectivity index (χ1n) is 9.46. The van der Waals surface area contributed by atoms with E-state index in [-0.39, 0.29) is 30.9 Å². The van der Waals surface area contributed by atoms with Gasteiger partial charge in [-0.25, -0.2) is 0 Å². The number of anilines is 1. The molecule has 0 aliphatic carbocycles. The molecule has 0 radical (unpaired) electrons. The summed E-state index contributed by atoms with van der Waals surface area (Å²) < 4.78 is 16.1. The molecule has 0 bridgehead atoms. The average Bonchev–Trinajstić information content (AvgIpc) is 2.73. The van der Waals surface area contributed by atoms with Crippen LogP contribution in [0.25, 0.3) is 0 Å². The minimum Gasteiger partial charge on any atom is -0.493 e. The highest BCUT2D eigenvalue weighted by atomic mass is 16.5. The Morgan fingerprint density at radius 1 is 1.14 bits per heavy atom. The van der Waals surface area contributed by atoms with Gasteiger partial charge in [-0.05, 0) is 36.8 Å². The number of amides is 2. The van der Waals surface area contributed by atoms with E-state index >= 15 is 0 Å². The van der Waals surface area contributed by atoms with Crippen molar-refractivity contribution in [3.8, 4) is 11.5 Å². The number of hydrogen-bond donors (Lipinski definition) is 1. The fourth-order valence-electron chi connectivity index (χ4n) is 3.19. The molecule has 0 saturated carbocycles. The van der Waals surface area contributed by atoms with Gasteiger partial charge in [0.2, 0.25) is 5.91 Å². The molecule has 1 fully saturated rings. The molecule has 1 N–H and O–H groups in total. The normalized spacial score (nSPS) is 16.4. The first-order valence-corrected chi connectivity index (χ1v) is 9.46. The summed E-state index contributed by atoms with van der Waals surface area (Å²) in [7, 11) is 3.13. The lowest BCUT2D eigenvalue weighted by Crippen LogP contribution is -2.50. The van der Waals surface area contributed by atoms with Crippen LogP contribution in [0.15, 0.2) is 42.5 Å². The van der Waals surface area contributed by atoms with Crippen molar-refractivity contribution < 1.29 is 23.8 Å². The molecule has 0 spiro atoms. The highest BCUT2D eigenvalue weighted by Gasteiger charge is 2.27. The van der Waals surface area contributed by atoms with E-state index in [1.54, 1.807) is 31.3 Å². The number of carbonyl (C=O) groups is 2. The van der Waals surface area contributed by atoms with E-state index < -0.39 is 0 Å². The number of nitrogens with zero attached hydrogens (tertiary/aromatic N) is 1. The van der Waals surface area contributed by atoms with Gasteiger partial charge in [-0.1, -0.05) is 23.8 Å². The fourth-order valence-corrected chi connectivity index (χ4v) is 3.19. The van der Waals surface area contributed by atoms with Crippen molar-refractivity contribution in [2.75, 3.05) is 38.8 Å². The summed E-state index contributed by atoms with van der Waals surface area (Å²) in [5, 5.41) is 2.89. The van der Waals surface area contributed by atoms with Gasteiger partial charge in [-0.15, -0.1) is 0 Å². The van der Waals surface area contributed by atoms with Gasteiger partial charge in [0, 0.05) is 12.2 Å². The van der Waals surface area contributed by atoms with Gasteiger partial charge in [0.15, 0.2) is 11.5 Å². The third-order valence-electron chi connectivity index (χ3n) is 4.81. The average molecular weight is 398 g/mol. The Morgan fingerprint density at radius 2 is 1.86 bits per heavy atom. The van der Waals surface area contributed by atoms with Gasteiger partial charge in [-0.2, -0.15) is 0 Å². The molecule has 2 aromatic carbocycles. The number of aryl methyl sites for hydroxylation is 1. The maximum Gasteiger partial charge on any atom is 0.253 e. The molecule has 1 atom stereocenters. The number of methoxy groups -OCH3 is 2. The number of morpholine rings is 1. The molecular weight excluding hydrogens is 372 g/mol. The summed E-state index contributed by atoms with van der Waals surface area (Å²) in [5.74, 6) is 0.996. The SMILES string of the molecule is COc1ccc(CC(=O)NCC2CN(c3ccc(C)cc3)C(=O)CO2)cc1OC. The van der Waals surface area contributed by atoms with Crippen LogP contribution in [0.4, 0.5) is 5.69 Å². The van der Waals surface area contributed by atoms with E-state index in [1.807, 2.05) is 37.3 Å². The van der Waals surface area contributed by atoms with Gasteiger partial charge in [0.05, 0.1) is 33.3 Å². The molecule has 1 aliphatic heterocycles. The third kappa shape index (κ3) is 5.26. The largest absolute Gasteiger partial charge is 0.493 e. The molecule has 3 rings (SSSR count). The van der Waals surface area contributed by atoms with E-state index in [1.165, 1.54) is 0 Å². The lowest BCUT2D eigenvalue weighted by atomic mass is 10.1. The zero-order valence-electron chi connectivity index (χ0n) is 16.9. The molecule has 154 valence electrons. The first-order chi connectivity index (χ1) is 14.0. The van der Waals surface area contributed by atoms with Gasteiger partial charge in [0.1, 0.15) is 6.61 Å². The monoisotopic (exact) mass is 398 g/mol. The molecule has 1 aliphatic rings. The molecule has 7 heteroatoms. The summed E-state index contributed by atoms with van der Waals surface area (Å²) in [4.78, 5) is 26.3. The van der Waals surface area contributed by atoms with Crippen LogP contribution in [0, 0.1) is 6.92 Å². The van der Waals surface area contributed by atoms with Gasteiger partial charge in [0.25, 0.3) is 5.91 Å². The van der Waals surface area contributed by atoms with Gasteiger partial charge < -0.3 is 24.4 Å². The minimum absolute atomic E-state index is 0.00406. The number of rotatable bonds is 7. The Balaban J connectivity index is 1.54. The minimum atomic E-state index is -0.261. The van der Waals surface area contributed by atoms with E-state index in [9.17, 15) is 9.59 Å². The third-order valence-corrected chi connectivity index (χ3v) is 4.81. The maximum atomic E-state index is 12.3. The number of hydrogen-bond acceptors (Lipinski definition) is 5. The Hall–Kier alpha value is -3.06. The van der Waals surface area contributed by atoms with Crippen LogP contribution in [-0.2, 0) is 20.7 Å². The van der Waals surface area contributed by atoms with Crippen LogP contribution >= 0.6 is 0 Å². The number of nitrogens with one attached hydrogen (secondary N) is 1. The molecule has 1 heterocycles. The predicted molar refractivity (Wildman–Crippen MR) is 110 cm³/mol. The lowest BCUT2D eigenvalue weighted by Gasteiger charge is -2.33. The Kier molecular flexibility index (Phi) is 6.72. The smallest absolute Gasteiger partial charge is 0.253 e. The van der Waals surface area contributed by atoms with Crippen LogP contribution < -0.4 is 19.7 Å². The van der Waals surface area contributed by atoms with Crippen LogP contribution in [0.3, 0.4) is 0 Å². The molecule has 0 aromatic heterocycles. The topological polar surface area (TPSA) is 77.1 Å². The van der Waals surface area contributed by atoms with Crippen molar-refractivity contribution in [2.45, 2.75) is 19.4 Å². The molecule has 1 saturated heterocycles. The van der Waals surface area contributed by atoms with Crippen molar-refractivity contribution in [1.82, 2.24) is 5.32 Å². The highest BCUT2D eigenvalue weighted by Crippen LogP contribution is 2.27. The second-order valence-corrected chi connectivity index (χ2v) is 6.94. The number of carbonyl (C=O) groups excluding carboxylic acids is 2. The Morgan fingerprint density at radius 3 is 2.55 bits per heavy atom. The zero-order chi connectivity index (χ0) is 20.8. The first kappa shape index (κ1) is 20.7. The second kappa shape index (κ2) is 9.43. The molecule has 7 nitrogen and oxygen atoms in total. The van der Waals surface area contributed by atoms with E-state index in [0.717, 1.165) is 16.8 Å². The molecule has 1 unspecified atom stereocenters. The Bertz CT molecular complexity index is 866. The van der Waals surface area contributed by atoms with Crippen LogP contribution in [0.1, 0.15) is 11.1 Å². The van der Waals surface area contributed by atoms with Crippen LogP contribution in [-0.4, -0.2) is 51.8 Å². The van der Waals surface area contributed by atoms with Gasteiger partial charge in [-0.3, -0.25) is 9.59 Å². The van der Waals surface area contributed by atoms with Crippen molar-refractivity contribution in [1.29, 1.82) is 0 Å². The molecule has 29 heavy (non-hydrogen) atoms. The fraction of sp³-hybridized carbons (Fsp3) is 0.364. The van der Waals surface area contributed by atoms with E-state index in [4.69, 9.17) is 14.2 Å². The van der Waals surface area contributed by atoms with Crippen molar-refractivity contribution in [3.63, 3.8) is 0 Å². The Labute approximate surface area is 170 Å². The summed E-state index contributed by atoms with van der Waals surface area (Å²) in [5.41, 5.74) is 2.79. The highest BCUT2D eigenvalue weighted by molar-refractivity contribution is 5.95. The molecular formula is C22H26N2O5. The quantitative estimate of drug-likeness (QED) is 0.773. The lowest BCUT2D eigenvalue weighted by molar-refractivity contribution is -0.129. The van der Waals surface area contributed by atoms with Gasteiger partial charge >= 0.3 is 0 Å². The summed E-state index contributed by atoms with van der Waals surface area (Å²) in [6.45, 7) is 2.74. The standard InChI is InChI=1S/C22H26N2O5/c1-15-4-7-17(8-5-15)24-13-18(29-14-22(24)26)12-23-21(25)11-16-6-9-19(27-2)20(10-16)28-3/h4-10,18H,11-14H2,1-3H3,(H,23,25). The number of benzene rings is 2. The van der Waals surface area contributed by atoms with Crippen molar-refractivity contribution in [2.24, 2.45) is 0 Å². The predicted octanol–water partition coefficient (Wildman–Crippen LogP) is 2.10. The molecule has 2 amide bonds. The summed E-state index contributed by atoms with van der Waals surface area (Å²) in [6.07, 6.45) is -0.0448. The molecule has 2 aromatic rings. The van der Waals surface area contributed by atoms with Crippen LogP contribution in [0.5, 0.6) is 11.5 Å². The van der Waals surface area contributed by atoms with Crippen LogP contribution in [0.2, 0.25) is 0 Å². The van der Waals surface area contributed by atoms with E-state index in [2.05, 4.69) is 5.32 Å². The zero-order valence-corrected chi connectivity index (χ0v) is 16.9. The van der Waals surface area contributed by atoms with Crippen molar-refractivity contribution in [3.05, 3.63) is 53.6 Å². The van der Waals surface area contributed by atoms with E-state index in [0.29, 0.717) is 24.6 Å². The second-order valence-electron chi connectivity index (χ2n) is 6.94. The summed E-state index contributed by atoms with van der Waals surface area (Å²) in [6, 6.07) is 13.2. The maximum absolute atomic E-state index is 12.3. The van der Waals surface area contributed by atoms with Crippen molar-refractivity contribution >= 4 is 17.5 Å². The number of ether oxygens (including phenoxy) is 3. The summed E-state index contributed by atoms with van der Waals surface area (Å²) >= 11 is 0.